The van der Waals surface area contributed by atoms with Gasteiger partial charge in [0.2, 0.25) is 0 Å². The molecule has 2 aromatic carbocycles. The second-order valence-electron chi connectivity index (χ2n) is 3.63. The summed E-state index contributed by atoms with van der Waals surface area (Å²) in [6.07, 6.45) is 0. The van der Waals surface area contributed by atoms with Crippen LogP contribution < -0.4 is 4.74 Å². The SMILES string of the molecule is COc1ccccc1C(=O)c1cccc(Cl)c1F. The normalized spacial score (nSPS) is 10.2. The number of halogens is 2. The number of ether oxygens (including phenoxy) is 1. The molecule has 0 fully saturated rings. The Morgan fingerprint density at radius 1 is 1.11 bits per heavy atom. The predicted molar refractivity (Wildman–Crippen MR) is 67.8 cm³/mol. The maximum absolute atomic E-state index is 13.8. The standard InChI is InChI=1S/C14H10ClFO2/c1-18-12-8-3-2-5-9(12)14(17)10-6-4-7-11(15)13(10)16/h2-8H,1H3. The average Bonchev–Trinajstić information content (AvgIpc) is 2.41. The molecule has 0 atom stereocenters. The Balaban J connectivity index is 2.52. The van der Waals surface area contributed by atoms with Crippen LogP contribution in [0.15, 0.2) is 42.5 Å². The van der Waals surface area contributed by atoms with Gasteiger partial charge in [0.15, 0.2) is 11.6 Å². The monoisotopic (exact) mass is 264 g/mol. The van der Waals surface area contributed by atoms with Gasteiger partial charge in [0, 0.05) is 0 Å². The fourth-order valence-electron chi connectivity index (χ4n) is 1.66. The molecule has 2 rings (SSSR count). The molecule has 0 amide bonds. The highest BCUT2D eigenvalue weighted by atomic mass is 35.5. The molecule has 2 nitrogen and oxygen atoms in total. The summed E-state index contributed by atoms with van der Waals surface area (Å²) in [5.41, 5.74) is 0.244. The molecule has 0 radical (unpaired) electrons. The molecule has 0 N–H and O–H groups in total. The van der Waals surface area contributed by atoms with Gasteiger partial charge in [-0.2, -0.15) is 0 Å². The van der Waals surface area contributed by atoms with Gasteiger partial charge < -0.3 is 4.74 Å². The van der Waals surface area contributed by atoms with E-state index in [-0.39, 0.29) is 10.6 Å². The lowest BCUT2D eigenvalue weighted by Crippen LogP contribution is -2.06. The van der Waals surface area contributed by atoms with E-state index in [1.165, 1.54) is 25.3 Å². The zero-order valence-electron chi connectivity index (χ0n) is 9.61. The largest absolute Gasteiger partial charge is 0.496 e. The Hall–Kier alpha value is -1.87. The van der Waals surface area contributed by atoms with Gasteiger partial charge in [0.1, 0.15) is 5.75 Å². The minimum atomic E-state index is -0.713. The highest BCUT2D eigenvalue weighted by Crippen LogP contribution is 2.25. The predicted octanol–water partition coefficient (Wildman–Crippen LogP) is 3.72. The van der Waals surface area contributed by atoms with Crippen molar-refractivity contribution in [3.8, 4) is 5.75 Å². The number of hydrogen-bond acceptors (Lipinski definition) is 2. The summed E-state index contributed by atoms with van der Waals surface area (Å²) in [6, 6.07) is 11.0. The van der Waals surface area contributed by atoms with Gasteiger partial charge in [-0.25, -0.2) is 4.39 Å². The van der Waals surface area contributed by atoms with Crippen LogP contribution in [0.2, 0.25) is 5.02 Å². The number of methoxy groups -OCH3 is 1. The Morgan fingerprint density at radius 3 is 2.50 bits per heavy atom. The molecule has 18 heavy (non-hydrogen) atoms. The topological polar surface area (TPSA) is 26.3 Å². The first-order chi connectivity index (χ1) is 8.65. The van der Waals surface area contributed by atoms with Crippen LogP contribution in [0.25, 0.3) is 0 Å². The van der Waals surface area contributed by atoms with E-state index in [9.17, 15) is 9.18 Å². The number of ketones is 1. The molecule has 2 aromatic rings. The van der Waals surface area contributed by atoms with Crippen molar-refractivity contribution in [1.82, 2.24) is 0 Å². The van der Waals surface area contributed by atoms with Crippen LogP contribution in [0.1, 0.15) is 15.9 Å². The lowest BCUT2D eigenvalue weighted by atomic mass is 10.0. The first-order valence-electron chi connectivity index (χ1n) is 5.27. The third-order valence-electron chi connectivity index (χ3n) is 2.55. The van der Waals surface area contributed by atoms with Crippen molar-refractivity contribution in [1.29, 1.82) is 0 Å². The zero-order valence-corrected chi connectivity index (χ0v) is 10.4. The summed E-state index contributed by atoms with van der Waals surface area (Å²) in [6.45, 7) is 0. The van der Waals surface area contributed by atoms with Crippen molar-refractivity contribution in [2.24, 2.45) is 0 Å². The molecule has 0 heterocycles. The number of carbonyl (C=O) groups excluding carboxylic acids is 1. The smallest absolute Gasteiger partial charge is 0.199 e. The summed E-state index contributed by atoms with van der Waals surface area (Å²) in [4.78, 5) is 12.2. The van der Waals surface area contributed by atoms with Gasteiger partial charge in [0.05, 0.1) is 23.3 Å². The summed E-state index contributed by atoms with van der Waals surface area (Å²) < 4.78 is 18.9. The minimum absolute atomic E-state index is 0.0630. The van der Waals surface area contributed by atoms with Gasteiger partial charge in [-0.05, 0) is 24.3 Å². The third-order valence-corrected chi connectivity index (χ3v) is 2.84. The van der Waals surface area contributed by atoms with Crippen LogP contribution >= 0.6 is 11.6 Å². The lowest BCUT2D eigenvalue weighted by Gasteiger charge is -2.08. The number of para-hydroxylation sites is 1. The van der Waals surface area contributed by atoms with E-state index in [0.717, 1.165) is 0 Å². The second-order valence-corrected chi connectivity index (χ2v) is 4.04. The first kappa shape index (κ1) is 12.6. The van der Waals surface area contributed by atoms with Crippen molar-refractivity contribution >= 4 is 17.4 Å². The molecule has 0 aromatic heterocycles. The molecule has 0 unspecified atom stereocenters. The van der Waals surface area contributed by atoms with Gasteiger partial charge in [0.25, 0.3) is 0 Å². The molecule has 0 spiro atoms. The number of rotatable bonds is 3. The van der Waals surface area contributed by atoms with Crippen LogP contribution in [0, 0.1) is 5.82 Å². The van der Waals surface area contributed by atoms with Crippen molar-refractivity contribution in [3.05, 3.63) is 64.4 Å². The van der Waals surface area contributed by atoms with Gasteiger partial charge in [-0.15, -0.1) is 0 Å². The third kappa shape index (κ3) is 2.22. The van der Waals surface area contributed by atoms with E-state index in [0.29, 0.717) is 11.3 Å². The molecule has 92 valence electrons. The molecular formula is C14H10ClFO2. The van der Waals surface area contributed by atoms with Gasteiger partial charge in [-0.3, -0.25) is 4.79 Å². The van der Waals surface area contributed by atoms with Crippen LogP contribution in [-0.4, -0.2) is 12.9 Å². The van der Waals surface area contributed by atoms with Crippen LogP contribution in [0.4, 0.5) is 4.39 Å². The van der Waals surface area contributed by atoms with Crippen molar-refractivity contribution in [2.75, 3.05) is 7.11 Å². The summed E-state index contributed by atoms with van der Waals surface area (Å²) in [5, 5.41) is -0.0734. The first-order valence-corrected chi connectivity index (χ1v) is 5.64. The zero-order chi connectivity index (χ0) is 13.1. The van der Waals surface area contributed by atoms with E-state index in [1.54, 1.807) is 24.3 Å². The van der Waals surface area contributed by atoms with Crippen molar-refractivity contribution < 1.29 is 13.9 Å². The molecule has 0 saturated heterocycles. The maximum atomic E-state index is 13.8. The lowest BCUT2D eigenvalue weighted by molar-refractivity contribution is 0.103. The summed E-state index contributed by atoms with van der Waals surface area (Å²) >= 11 is 5.66. The molecule has 0 aliphatic heterocycles. The van der Waals surface area contributed by atoms with E-state index in [1.807, 2.05) is 0 Å². The Bertz CT molecular complexity index is 596. The Labute approximate surface area is 109 Å². The maximum Gasteiger partial charge on any atom is 0.199 e. The average molecular weight is 265 g/mol. The molecule has 0 aliphatic carbocycles. The molecule has 4 heteroatoms. The van der Waals surface area contributed by atoms with Gasteiger partial charge in [-0.1, -0.05) is 29.8 Å². The van der Waals surface area contributed by atoms with Crippen molar-refractivity contribution in [3.63, 3.8) is 0 Å². The van der Waals surface area contributed by atoms with E-state index >= 15 is 0 Å². The van der Waals surface area contributed by atoms with Crippen LogP contribution in [0.5, 0.6) is 5.75 Å². The summed E-state index contributed by atoms with van der Waals surface area (Å²) in [5.74, 6) is -0.760. The molecule has 0 aliphatic rings. The van der Waals surface area contributed by atoms with Crippen LogP contribution in [-0.2, 0) is 0 Å². The second kappa shape index (κ2) is 5.19. The Morgan fingerprint density at radius 2 is 1.78 bits per heavy atom. The number of benzene rings is 2. The van der Waals surface area contributed by atoms with Crippen LogP contribution in [0.3, 0.4) is 0 Å². The fourth-order valence-corrected chi connectivity index (χ4v) is 1.83. The molecule has 0 bridgehead atoms. The molecular weight excluding hydrogens is 255 g/mol. The Kier molecular flexibility index (Phi) is 3.63. The minimum Gasteiger partial charge on any atom is -0.496 e. The van der Waals surface area contributed by atoms with E-state index in [2.05, 4.69) is 0 Å². The fraction of sp³-hybridized carbons (Fsp3) is 0.0714. The number of carbonyl (C=O) groups is 1. The number of hydrogen-bond donors (Lipinski definition) is 0. The van der Waals surface area contributed by atoms with E-state index in [4.69, 9.17) is 16.3 Å². The van der Waals surface area contributed by atoms with Crippen molar-refractivity contribution in [2.45, 2.75) is 0 Å². The van der Waals surface area contributed by atoms with Gasteiger partial charge >= 0.3 is 0 Å². The molecule has 0 saturated carbocycles. The highest BCUT2D eigenvalue weighted by Gasteiger charge is 2.18. The quantitative estimate of drug-likeness (QED) is 0.790. The highest BCUT2D eigenvalue weighted by molar-refractivity contribution is 6.31. The van der Waals surface area contributed by atoms with E-state index < -0.39 is 11.6 Å². The summed E-state index contributed by atoms with van der Waals surface area (Å²) in [7, 11) is 1.46.